The lowest BCUT2D eigenvalue weighted by Crippen LogP contribution is -2.51. The third-order valence-electron chi connectivity index (χ3n) is 5.94. The number of ether oxygens (including phenoxy) is 3. The maximum Gasteiger partial charge on any atom is 0.434 e. The third-order valence-corrected chi connectivity index (χ3v) is 5.94. The number of carbonyl (C=O) groups excluding carboxylic acids is 3. The van der Waals surface area contributed by atoms with Gasteiger partial charge in [-0.05, 0) is 25.2 Å². The quantitative estimate of drug-likeness (QED) is 0.199. The number of carbonyl (C=O) groups is 3. The highest BCUT2D eigenvalue weighted by molar-refractivity contribution is 6.03. The number of esters is 3. The van der Waals surface area contributed by atoms with Crippen LogP contribution in [0.2, 0.25) is 0 Å². The zero-order chi connectivity index (χ0) is 23.5. The Bertz CT molecular complexity index is 789. The summed E-state index contributed by atoms with van der Waals surface area (Å²) in [5.74, 6) is -5.52. The Balaban J connectivity index is 1.77. The number of fused-ring (bicyclic) bond motifs is 1. The molecule has 1 heterocycles. The van der Waals surface area contributed by atoms with E-state index >= 15 is 0 Å². The van der Waals surface area contributed by atoms with Crippen LogP contribution in [0.15, 0.2) is 12.2 Å². The zero-order valence-corrected chi connectivity index (χ0v) is 16.5. The Morgan fingerprint density at radius 3 is 2.29 bits per heavy atom. The Kier molecular flexibility index (Phi) is 5.59. The Hall–Kier alpha value is -2.27. The van der Waals surface area contributed by atoms with Gasteiger partial charge >= 0.3 is 30.3 Å². The van der Waals surface area contributed by atoms with Gasteiger partial charge in [0.15, 0.2) is 5.41 Å². The van der Waals surface area contributed by atoms with E-state index in [1.54, 1.807) is 0 Å². The summed E-state index contributed by atoms with van der Waals surface area (Å²) in [7, 11) is 0. The molecule has 1 aliphatic heterocycles. The molecule has 12 heteroatoms. The fourth-order valence-electron chi connectivity index (χ4n) is 4.75. The van der Waals surface area contributed by atoms with Crippen molar-refractivity contribution in [3.05, 3.63) is 12.2 Å². The van der Waals surface area contributed by atoms with Crippen molar-refractivity contribution < 1.29 is 54.9 Å². The summed E-state index contributed by atoms with van der Waals surface area (Å²) in [6.45, 7) is 7.33. The lowest BCUT2D eigenvalue weighted by atomic mass is 9.73. The maximum atomic E-state index is 12.8. The number of halogens is 6. The average Bonchev–Trinajstić information content (AvgIpc) is 3.19. The topological polar surface area (TPSA) is 78.9 Å². The van der Waals surface area contributed by atoms with Crippen LogP contribution in [-0.4, -0.2) is 48.6 Å². The van der Waals surface area contributed by atoms with Gasteiger partial charge in [0.1, 0.15) is 12.2 Å². The lowest BCUT2D eigenvalue weighted by Gasteiger charge is -2.32. The number of hydrogen-bond donors (Lipinski definition) is 0. The second kappa shape index (κ2) is 7.40. The van der Waals surface area contributed by atoms with Gasteiger partial charge in [0.2, 0.25) is 0 Å². The van der Waals surface area contributed by atoms with Crippen molar-refractivity contribution in [1.29, 1.82) is 0 Å². The summed E-state index contributed by atoms with van der Waals surface area (Å²) in [4.78, 5) is 37.1. The van der Waals surface area contributed by atoms with Crippen LogP contribution in [-0.2, 0) is 28.6 Å². The smallest absolute Gasteiger partial charge is 0.434 e. The van der Waals surface area contributed by atoms with E-state index in [1.807, 2.05) is 13.8 Å². The average molecular weight is 458 g/mol. The van der Waals surface area contributed by atoms with E-state index in [9.17, 15) is 40.7 Å². The number of hydrogen-bond acceptors (Lipinski definition) is 6. The van der Waals surface area contributed by atoms with Crippen molar-refractivity contribution in [3.8, 4) is 0 Å². The molecule has 0 aromatic carbocycles. The van der Waals surface area contributed by atoms with Crippen molar-refractivity contribution in [1.82, 2.24) is 0 Å². The van der Waals surface area contributed by atoms with Gasteiger partial charge in [-0.25, -0.2) is 4.79 Å². The fraction of sp³-hybridized carbons (Fsp3) is 0.737. The number of rotatable bonds is 6. The van der Waals surface area contributed by atoms with Crippen molar-refractivity contribution >= 4 is 17.9 Å². The van der Waals surface area contributed by atoms with E-state index in [0.717, 1.165) is 0 Å². The Morgan fingerprint density at radius 1 is 1.19 bits per heavy atom. The molecule has 5 atom stereocenters. The molecule has 2 bridgehead atoms. The molecule has 0 aromatic heterocycles. The van der Waals surface area contributed by atoms with Gasteiger partial charge in [0.25, 0.3) is 6.10 Å². The normalized spacial score (nSPS) is 31.9. The fourth-order valence-corrected chi connectivity index (χ4v) is 4.75. The van der Waals surface area contributed by atoms with E-state index in [1.165, 1.54) is 0 Å². The maximum absolute atomic E-state index is 12.8. The van der Waals surface area contributed by atoms with Gasteiger partial charge in [-0.2, -0.15) is 26.3 Å². The summed E-state index contributed by atoms with van der Waals surface area (Å²) in [6.07, 6.45) is -18.3. The first-order valence-electron chi connectivity index (χ1n) is 9.53. The molecule has 174 valence electrons. The predicted octanol–water partition coefficient (Wildman–Crippen LogP) is 3.49. The van der Waals surface area contributed by atoms with E-state index in [-0.39, 0.29) is 17.9 Å². The van der Waals surface area contributed by atoms with Crippen LogP contribution in [0.1, 0.15) is 33.1 Å². The summed E-state index contributed by atoms with van der Waals surface area (Å²) in [6, 6.07) is 0. The molecule has 2 saturated carbocycles. The highest BCUT2D eigenvalue weighted by atomic mass is 19.4. The Labute approximate surface area is 172 Å². The van der Waals surface area contributed by atoms with Crippen LogP contribution in [0, 0.1) is 23.2 Å². The molecule has 5 unspecified atom stereocenters. The summed E-state index contributed by atoms with van der Waals surface area (Å²) < 4.78 is 90.9. The van der Waals surface area contributed by atoms with E-state index in [2.05, 4.69) is 11.3 Å². The van der Waals surface area contributed by atoms with Crippen molar-refractivity contribution in [2.24, 2.45) is 23.2 Å². The molecule has 0 radical (unpaired) electrons. The molecule has 2 aliphatic carbocycles. The zero-order valence-electron chi connectivity index (χ0n) is 16.5. The van der Waals surface area contributed by atoms with E-state index < -0.39 is 72.2 Å². The highest BCUT2D eigenvalue weighted by Crippen LogP contribution is 2.63. The molecule has 0 N–H and O–H groups in total. The van der Waals surface area contributed by atoms with Crippen LogP contribution in [0.25, 0.3) is 0 Å². The summed E-state index contributed by atoms with van der Waals surface area (Å²) >= 11 is 0. The minimum atomic E-state index is -5.90. The molecular weight excluding hydrogens is 438 g/mol. The molecule has 3 aliphatic rings. The van der Waals surface area contributed by atoms with Crippen LogP contribution >= 0.6 is 0 Å². The molecule has 31 heavy (non-hydrogen) atoms. The molecule has 3 fully saturated rings. The SMILES string of the molecule is C=C(CC(C)C)C(=O)OC1C2CC3C1OC(=O)C3(C(=O)OC(C(F)(F)F)C(F)(F)F)C2. The van der Waals surface area contributed by atoms with Gasteiger partial charge in [0.05, 0.1) is 0 Å². The van der Waals surface area contributed by atoms with Gasteiger partial charge in [-0.15, -0.1) is 0 Å². The minimum absolute atomic E-state index is 0.0583. The summed E-state index contributed by atoms with van der Waals surface area (Å²) in [5, 5.41) is 0. The van der Waals surface area contributed by atoms with Gasteiger partial charge in [0, 0.05) is 17.4 Å². The second-order valence-electron chi connectivity index (χ2n) is 8.59. The second-order valence-corrected chi connectivity index (χ2v) is 8.59. The number of alkyl halides is 6. The van der Waals surface area contributed by atoms with Crippen molar-refractivity contribution in [2.45, 2.75) is 63.8 Å². The van der Waals surface area contributed by atoms with E-state index in [0.29, 0.717) is 6.42 Å². The van der Waals surface area contributed by atoms with Crippen LogP contribution < -0.4 is 0 Å². The third kappa shape index (κ3) is 3.89. The first-order valence-corrected chi connectivity index (χ1v) is 9.53. The van der Waals surface area contributed by atoms with Gasteiger partial charge in [-0.1, -0.05) is 20.4 Å². The molecule has 3 rings (SSSR count). The van der Waals surface area contributed by atoms with Crippen LogP contribution in [0.5, 0.6) is 0 Å². The molecule has 0 amide bonds. The lowest BCUT2D eigenvalue weighted by molar-refractivity contribution is -0.315. The van der Waals surface area contributed by atoms with Gasteiger partial charge in [-0.3, -0.25) is 9.59 Å². The first kappa shape index (κ1) is 23.4. The monoisotopic (exact) mass is 458 g/mol. The first-order chi connectivity index (χ1) is 14.1. The van der Waals surface area contributed by atoms with Crippen molar-refractivity contribution in [2.75, 3.05) is 0 Å². The predicted molar refractivity (Wildman–Crippen MR) is 89.0 cm³/mol. The van der Waals surface area contributed by atoms with Crippen molar-refractivity contribution in [3.63, 3.8) is 0 Å². The molecule has 0 aromatic rings. The standard InChI is InChI=1S/C19H20F6O6/c1-7(2)4-8(3)13(26)29-11-9-5-10-12(11)30-15(27)17(10,6-9)16(28)31-14(18(20,21)22)19(23,24)25/h7,9-12,14H,3-6H2,1-2H3. The Morgan fingerprint density at radius 2 is 1.77 bits per heavy atom. The highest BCUT2D eigenvalue weighted by Gasteiger charge is 2.76. The summed E-state index contributed by atoms with van der Waals surface area (Å²) in [5.41, 5.74) is -2.10. The molecular formula is C19H20F6O6. The molecule has 0 spiro atoms. The van der Waals surface area contributed by atoms with Crippen LogP contribution in [0.4, 0.5) is 26.3 Å². The molecule has 1 saturated heterocycles. The largest absolute Gasteiger partial charge is 0.457 e. The van der Waals surface area contributed by atoms with Gasteiger partial charge < -0.3 is 14.2 Å². The molecule has 6 nitrogen and oxygen atoms in total. The van der Waals surface area contributed by atoms with E-state index in [4.69, 9.17) is 9.47 Å². The minimum Gasteiger partial charge on any atom is -0.457 e. The van der Waals surface area contributed by atoms with Crippen LogP contribution in [0.3, 0.4) is 0 Å².